The highest BCUT2D eigenvalue weighted by molar-refractivity contribution is 7.86. The Balaban J connectivity index is 1.75. The maximum Gasteiger partial charge on any atom is 0.282 e. The molecule has 9 heteroatoms. The number of nitrogen functional groups attached to an aromatic ring is 1. The second-order valence-corrected chi connectivity index (χ2v) is 7.15. The maximum atomic E-state index is 12.7. The van der Waals surface area contributed by atoms with Gasteiger partial charge in [0.15, 0.2) is 0 Å². The molecule has 1 unspecified atom stereocenters. The monoisotopic (exact) mass is 328 g/mol. The average Bonchev–Trinajstić information content (AvgIpc) is 2.56. The fourth-order valence-electron chi connectivity index (χ4n) is 2.60. The van der Waals surface area contributed by atoms with E-state index in [-0.39, 0.29) is 6.54 Å². The highest BCUT2D eigenvalue weighted by Gasteiger charge is 2.35. The zero-order chi connectivity index (χ0) is 15.6. The number of hydrogen-bond acceptors (Lipinski definition) is 6. The van der Waals surface area contributed by atoms with Gasteiger partial charge in [0.1, 0.15) is 11.9 Å². The quantitative estimate of drug-likeness (QED) is 0.812. The van der Waals surface area contributed by atoms with E-state index in [1.807, 2.05) is 0 Å². The molecule has 0 saturated carbocycles. The van der Waals surface area contributed by atoms with Crippen LogP contribution in [0, 0.1) is 0 Å². The van der Waals surface area contributed by atoms with Crippen LogP contribution in [0.2, 0.25) is 0 Å². The second-order valence-electron chi connectivity index (χ2n) is 5.22. The molecule has 2 aliphatic rings. The molecule has 3 heterocycles. The van der Waals surface area contributed by atoms with Crippen molar-refractivity contribution < 1.29 is 17.9 Å². The summed E-state index contributed by atoms with van der Waals surface area (Å²) in [6, 6.07) is 5.27. The van der Waals surface area contributed by atoms with Crippen LogP contribution in [-0.4, -0.2) is 68.0 Å². The van der Waals surface area contributed by atoms with Gasteiger partial charge in [-0.1, -0.05) is 6.07 Å². The molecule has 0 spiro atoms. The van der Waals surface area contributed by atoms with Crippen LogP contribution in [0.5, 0.6) is 0 Å². The molecule has 2 aliphatic heterocycles. The summed E-state index contributed by atoms with van der Waals surface area (Å²) < 4.78 is 39.2. The Labute approximate surface area is 130 Å². The summed E-state index contributed by atoms with van der Waals surface area (Å²) in [5, 5.41) is 0. The lowest BCUT2D eigenvalue weighted by atomic mass is 10.2. The summed E-state index contributed by atoms with van der Waals surface area (Å²) in [4.78, 5) is 4.22. The predicted molar refractivity (Wildman–Crippen MR) is 80.2 cm³/mol. The molecule has 22 heavy (non-hydrogen) atoms. The predicted octanol–water partition coefficient (Wildman–Crippen LogP) is -0.386. The minimum Gasteiger partial charge on any atom is -0.384 e. The van der Waals surface area contributed by atoms with Gasteiger partial charge in [0.25, 0.3) is 10.2 Å². The molecule has 0 aromatic carbocycles. The summed E-state index contributed by atoms with van der Waals surface area (Å²) in [6.45, 7) is 2.58. The molecule has 8 nitrogen and oxygen atoms in total. The van der Waals surface area contributed by atoms with Crippen LogP contribution in [0.15, 0.2) is 18.2 Å². The molecule has 1 aromatic heterocycles. The molecule has 1 aromatic rings. The van der Waals surface area contributed by atoms with Gasteiger partial charge >= 0.3 is 0 Å². The van der Waals surface area contributed by atoms with E-state index < -0.39 is 16.3 Å². The zero-order valence-corrected chi connectivity index (χ0v) is 13.0. The van der Waals surface area contributed by atoms with Gasteiger partial charge in [0.2, 0.25) is 0 Å². The topological polar surface area (TPSA) is 98.0 Å². The van der Waals surface area contributed by atoms with Crippen molar-refractivity contribution in [1.82, 2.24) is 13.6 Å². The van der Waals surface area contributed by atoms with Gasteiger partial charge in [0, 0.05) is 26.2 Å². The lowest BCUT2D eigenvalue weighted by Crippen LogP contribution is -2.52. The molecular formula is C13H20N4O4S. The van der Waals surface area contributed by atoms with Crippen molar-refractivity contribution in [3.05, 3.63) is 23.9 Å². The third-order valence-corrected chi connectivity index (χ3v) is 5.78. The van der Waals surface area contributed by atoms with Crippen molar-refractivity contribution in [2.75, 3.05) is 51.7 Å². The van der Waals surface area contributed by atoms with E-state index in [1.165, 1.54) is 8.61 Å². The Hall–Kier alpha value is -1.26. The fraction of sp³-hybridized carbons (Fsp3) is 0.615. The Bertz CT molecular complexity index is 618. The summed E-state index contributed by atoms with van der Waals surface area (Å²) in [7, 11) is -3.49. The minimum absolute atomic E-state index is 0.246. The lowest BCUT2D eigenvalue weighted by molar-refractivity contribution is -0.00836. The zero-order valence-electron chi connectivity index (χ0n) is 12.2. The van der Waals surface area contributed by atoms with E-state index in [0.717, 1.165) is 0 Å². The minimum atomic E-state index is -3.49. The number of anilines is 1. The van der Waals surface area contributed by atoms with E-state index in [9.17, 15) is 8.42 Å². The Morgan fingerprint density at radius 3 is 2.59 bits per heavy atom. The van der Waals surface area contributed by atoms with Crippen LogP contribution < -0.4 is 5.73 Å². The normalized spacial score (nSPS) is 25.2. The van der Waals surface area contributed by atoms with E-state index in [4.69, 9.17) is 15.2 Å². The van der Waals surface area contributed by atoms with Crippen LogP contribution in [0.25, 0.3) is 0 Å². The van der Waals surface area contributed by atoms with Gasteiger partial charge in [0.05, 0.1) is 25.5 Å². The van der Waals surface area contributed by atoms with Crippen molar-refractivity contribution >= 4 is 16.0 Å². The molecule has 3 rings (SSSR count). The second kappa shape index (κ2) is 6.47. The Morgan fingerprint density at radius 1 is 1.14 bits per heavy atom. The van der Waals surface area contributed by atoms with Gasteiger partial charge in [-0.15, -0.1) is 0 Å². The van der Waals surface area contributed by atoms with E-state index in [2.05, 4.69) is 4.98 Å². The first-order chi connectivity index (χ1) is 10.6. The molecule has 0 aliphatic carbocycles. The van der Waals surface area contributed by atoms with Gasteiger partial charge < -0.3 is 15.2 Å². The van der Waals surface area contributed by atoms with Crippen LogP contribution in [-0.2, 0) is 19.7 Å². The van der Waals surface area contributed by atoms with E-state index >= 15 is 0 Å². The number of morpholine rings is 2. The standard InChI is InChI=1S/C13H20N4O4S/c14-13-3-1-2-11(15-13)12-10-17(6-9-21-12)22(18,19)16-4-7-20-8-5-16/h1-3,12H,4-10H2,(H2,14,15). The molecule has 0 radical (unpaired) electrons. The van der Waals surface area contributed by atoms with E-state index in [0.29, 0.717) is 51.0 Å². The van der Waals surface area contributed by atoms with Crippen LogP contribution in [0.4, 0.5) is 5.82 Å². The summed E-state index contributed by atoms with van der Waals surface area (Å²) in [5.41, 5.74) is 6.34. The van der Waals surface area contributed by atoms with Crippen LogP contribution in [0.3, 0.4) is 0 Å². The van der Waals surface area contributed by atoms with E-state index in [1.54, 1.807) is 18.2 Å². The van der Waals surface area contributed by atoms with Gasteiger partial charge in [-0.3, -0.25) is 0 Å². The van der Waals surface area contributed by atoms with Gasteiger partial charge in [-0.05, 0) is 12.1 Å². The third-order valence-electron chi connectivity index (χ3n) is 3.77. The Morgan fingerprint density at radius 2 is 1.86 bits per heavy atom. The maximum absolute atomic E-state index is 12.7. The summed E-state index contributed by atoms with van der Waals surface area (Å²) in [6.07, 6.45) is -0.395. The number of hydrogen-bond donors (Lipinski definition) is 1. The average molecular weight is 328 g/mol. The number of nitrogens with zero attached hydrogens (tertiary/aromatic N) is 3. The highest BCUT2D eigenvalue weighted by atomic mass is 32.2. The van der Waals surface area contributed by atoms with Crippen molar-refractivity contribution in [1.29, 1.82) is 0 Å². The molecule has 2 saturated heterocycles. The number of rotatable bonds is 3. The highest BCUT2D eigenvalue weighted by Crippen LogP contribution is 2.24. The van der Waals surface area contributed by atoms with Crippen molar-refractivity contribution in [3.8, 4) is 0 Å². The van der Waals surface area contributed by atoms with Crippen LogP contribution in [0.1, 0.15) is 11.8 Å². The first-order valence-electron chi connectivity index (χ1n) is 7.24. The van der Waals surface area contributed by atoms with Crippen molar-refractivity contribution in [3.63, 3.8) is 0 Å². The largest absolute Gasteiger partial charge is 0.384 e. The lowest BCUT2D eigenvalue weighted by Gasteiger charge is -2.36. The number of aromatic nitrogens is 1. The smallest absolute Gasteiger partial charge is 0.282 e. The van der Waals surface area contributed by atoms with Gasteiger partial charge in [-0.2, -0.15) is 17.0 Å². The number of nitrogens with two attached hydrogens (primary N) is 1. The van der Waals surface area contributed by atoms with Gasteiger partial charge in [-0.25, -0.2) is 4.98 Å². The number of pyridine rings is 1. The molecule has 122 valence electrons. The summed E-state index contributed by atoms with van der Waals surface area (Å²) in [5.74, 6) is 0.397. The number of ether oxygens (including phenoxy) is 2. The molecule has 0 amide bonds. The molecular weight excluding hydrogens is 308 g/mol. The SMILES string of the molecule is Nc1cccc(C2CN(S(=O)(=O)N3CCOCC3)CCO2)n1. The molecule has 2 fully saturated rings. The Kier molecular flexibility index (Phi) is 4.59. The molecule has 0 bridgehead atoms. The first kappa shape index (κ1) is 15.6. The molecule has 1 atom stereocenters. The fourth-order valence-corrected chi connectivity index (χ4v) is 4.17. The van der Waals surface area contributed by atoms with Crippen LogP contribution >= 0.6 is 0 Å². The summed E-state index contributed by atoms with van der Waals surface area (Å²) >= 11 is 0. The van der Waals surface area contributed by atoms with Crippen molar-refractivity contribution in [2.45, 2.75) is 6.10 Å². The first-order valence-corrected chi connectivity index (χ1v) is 8.64. The third kappa shape index (κ3) is 3.23. The molecule has 2 N–H and O–H groups in total. The van der Waals surface area contributed by atoms with Crippen molar-refractivity contribution in [2.24, 2.45) is 0 Å².